The highest BCUT2D eigenvalue weighted by molar-refractivity contribution is 5.55. The molecule has 0 bridgehead atoms. The lowest BCUT2D eigenvalue weighted by Gasteiger charge is -2.30. The first-order valence-electron chi connectivity index (χ1n) is 7.07. The van der Waals surface area contributed by atoms with Crippen molar-refractivity contribution in [2.24, 2.45) is 0 Å². The number of benzene rings is 1. The van der Waals surface area contributed by atoms with Gasteiger partial charge < -0.3 is 5.32 Å². The molecular formula is C15H25N3O2. The molecule has 1 N–H and O–H groups in total. The Hall–Kier alpha value is -1.62. The highest BCUT2D eigenvalue weighted by Crippen LogP contribution is 2.21. The van der Waals surface area contributed by atoms with Gasteiger partial charge in [0.1, 0.15) is 0 Å². The third-order valence-corrected chi connectivity index (χ3v) is 3.43. The summed E-state index contributed by atoms with van der Waals surface area (Å²) in [6, 6.07) is 5.94. The quantitative estimate of drug-likeness (QED) is 0.613. The van der Waals surface area contributed by atoms with E-state index in [1.807, 2.05) is 6.92 Å². The number of aryl methyl sites for hydroxylation is 1. The molecule has 0 radical (unpaired) electrons. The third kappa shape index (κ3) is 4.49. The lowest BCUT2D eigenvalue weighted by molar-refractivity contribution is -0.384. The van der Waals surface area contributed by atoms with Crippen LogP contribution >= 0.6 is 0 Å². The molecule has 1 rings (SSSR count). The van der Waals surface area contributed by atoms with Crippen molar-refractivity contribution in [1.29, 1.82) is 0 Å². The largest absolute Gasteiger partial charge is 0.384 e. The van der Waals surface area contributed by atoms with Gasteiger partial charge in [-0.1, -0.05) is 0 Å². The van der Waals surface area contributed by atoms with E-state index in [-0.39, 0.29) is 10.6 Å². The maximum atomic E-state index is 10.7. The number of anilines is 1. The molecule has 0 aliphatic heterocycles. The van der Waals surface area contributed by atoms with Crippen molar-refractivity contribution in [1.82, 2.24) is 4.90 Å². The molecule has 0 saturated heterocycles. The molecular weight excluding hydrogens is 254 g/mol. The lowest BCUT2D eigenvalue weighted by atomic mass is 10.1. The van der Waals surface area contributed by atoms with Crippen LogP contribution in [0.3, 0.4) is 0 Å². The number of nitro benzene ring substituents is 1. The molecule has 0 aliphatic rings. The monoisotopic (exact) mass is 279 g/mol. The minimum atomic E-state index is -0.365. The van der Waals surface area contributed by atoms with Crippen molar-refractivity contribution in [3.8, 4) is 0 Å². The molecule has 112 valence electrons. The van der Waals surface area contributed by atoms with Gasteiger partial charge in [-0.25, -0.2) is 0 Å². The van der Waals surface area contributed by atoms with Crippen LogP contribution in [0.4, 0.5) is 11.4 Å². The number of nitrogens with zero attached hydrogens (tertiary/aromatic N) is 2. The van der Waals surface area contributed by atoms with Gasteiger partial charge in [0, 0.05) is 43.0 Å². The fraction of sp³-hybridized carbons (Fsp3) is 0.600. The fourth-order valence-electron chi connectivity index (χ4n) is 2.39. The van der Waals surface area contributed by atoms with Crippen LogP contribution in [0.5, 0.6) is 0 Å². The number of nitro groups is 1. The van der Waals surface area contributed by atoms with Crippen molar-refractivity contribution in [3.05, 3.63) is 33.9 Å². The Morgan fingerprint density at radius 3 is 2.30 bits per heavy atom. The third-order valence-electron chi connectivity index (χ3n) is 3.43. The van der Waals surface area contributed by atoms with Gasteiger partial charge in [0.25, 0.3) is 5.69 Å². The summed E-state index contributed by atoms with van der Waals surface area (Å²) in [5.41, 5.74) is 2.00. The van der Waals surface area contributed by atoms with E-state index in [0.717, 1.165) is 24.3 Å². The van der Waals surface area contributed by atoms with Crippen molar-refractivity contribution < 1.29 is 4.92 Å². The van der Waals surface area contributed by atoms with E-state index in [4.69, 9.17) is 0 Å². The van der Waals surface area contributed by atoms with Crippen LogP contribution in [0, 0.1) is 17.0 Å². The Bertz CT molecular complexity index is 450. The van der Waals surface area contributed by atoms with Crippen molar-refractivity contribution in [2.45, 2.75) is 46.7 Å². The molecule has 1 aromatic carbocycles. The highest BCUT2D eigenvalue weighted by Gasteiger charge is 2.13. The molecule has 0 saturated carbocycles. The van der Waals surface area contributed by atoms with Crippen molar-refractivity contribution >= 4 is 11.4 Å². The van der Waals surface area contributed by atoms with Crippen molar-refractivity contribution in [2.75, 3.05) is 18.4 Å². The van der Waals surface area contributed by atoms with Gasteiger partial charge in [0.15, 0.2) is 0 Å². The van der Waals surface area contributed by atoms with E-state index in [2.05, 4.69) is 37.9 Å². The Labute approximate surface area is 121 Å². The molecule has 0 spiro atoms. The topological polar surface area (TPSA) is 58.4 Å². The lowest BCUT2D eigenvalue weighted by Crippen LogP contribution is -2.40. The Morgan fingerprint density at radius 1 is 1.25 bits per heavy atom. The molecule has 0 heterocycles. The van der Waals surface area contributed by atoms with Crippen LogP contribution in [0.2, 0.25) is 0 Å². The van der Waals surface area contributed by atoms with E-state index >= 15 is 0 Å². The SMILES string of the molecule is Cc1cc([N+](=O)[O-])ccc1NCCN(C(C)C)C(C)C. The highest BCUT2D eigenvalue weighted by atomic mass is 16.6. The summed E-state index contributed by atoms with van der Waals surface area (Å²) in [7, 11) is 0. The Morgan fingerprint density at radius 2 is 1.85 bits per heavy atom. The first-order valence-corrected chi connectivity index (χ1v) is 7.07. The molecule has 1 aromatic rings. The maximum absolute atomic E-state index is 10.7. The zero-order valence-electron chi connectivity index (χ0n) is 13.0. The molecule has 0 amide bonds. The summed E-state index contributed by atoms with van der Waals surface area (Å²) in [5.74, 6) is 0. The standard InChI is InChI=1S/C15H25N3O2/c1-11(2)17(12(3)4)9-8-16-15-7-6-14(18(19)20)10-13(15)5/h6-7,10-12,16H,8-9H2,1-5H3. The van der Waals surface area contributed by atoms with Crippen LogP contribution in [0.15, 0.2) is 18.2 Å². The van der Waals surface area contributed by atoms with E-state index < -0.39 is 0 Å². The number of nitrogens with one attached hydrogen (secondary N) is 1. The Balaban J connectivity index is 2.60. The van der Waals surface area contributed by atoms with E-state index in [1.54, 1.807) is 12.1 Å². The smallest absolute Gasteiger partial charge is 0.269 e. The van der Waals surface area contributed by atoms with Crippen LogP contribution in [0.25, 0.3) is 0 Å². The van der Waals surface area contributed by atoms with Crippen LogP contribution in [-0.4, -0.2) is 35.0 Å². The second-order valence-corrected chi connectivity index (χ2v) is 5.61. The van der Waals surface area contributed by atoms with E-state index in [1.165, 1.54) is 6.07 Å². The normalized spacial score (nSPS) is 11.4. The molecule has 5 heteroatoms. The molecule has 0 unspecified atom stereocenters. The van der Waals surface area contributed by atoms with Crippen LogP contribution in [0.1, 0.15) is 33.3 Å². The molecule has 0 aromatic heterocycles. The molecule has 5 nitrogen and oxygen atoms in total. The summed E-state index contributed by atoms with van der Waals surface area (Å²) in [6.07, 6.45) is 0. The zero-order chi connectivity index (χ0) is 15.3. The molecule has 20 heavy (non-hydrogen) atoms. The van der Waals surface area contributed by atoms with Gasteiger partial charge in [-0.2, -0.15) is 0 Å². The second-order valence-electron chi connectivity index (χ2n) is 5.61. The molecule has 0 aliphatic carbocycles. The average Bonchev–Trinajstić information content (AvgIpc) is 2.34. The van der Waals surface area contributed by atoms with Gasteiger partial charge in [-0.05, 0) is 46.2 Å². The molecule has 0 fully saturated rings. The number of hydrogen-bond donors (Lipinski definition) is 1. The summed E-state index contributed by atoms with van der Waals surface area (Å²) >= 11 is 0. The van der Waals surface area contributed by atoms with Gasteiger partial charge in [0.05, 0.1) is 4.92 Å². The van der Waals surface area contributed by atoms with Gasteiger partial charge >= 0.3 is 0 Å². The van der Waals surface area contributed by atoms with Crippen LogP contribution in [-0.2, 0) is 0 Å². The zero-order valence-corrected chi connectivity index (χ0v) is 13.0. The van der Waals surface area contributed by atoms with Gasteiger partial charge in [-0.15, -0.1) is 0 Å². The minimum absolute atomic E-state index is 0.138. The predicted octanol–water partition coefficient (Wildman–Crippen LogP) is 3.43. The summed E-state index contributed by atoms with van der Waals surface area (Å²) in [6.45, 7) is 12.4. The average molecular weight is 279 g/mol. The van der Waals surface area contributed by atoms with E-state index in [9.17, 15) is 10.1 Å². The maximum Gasteiger partial charge on any atom is 0.269 e. The second kappa shape index (κ2) is 7.24. The summed E-state index contributed by atoms with van der Waals surface area (Å²) in [4.78, 5) is 12.7. The first kappa shape index (κ1) is 16.4. The number of rotatable bonds is 7. The Kier molecular flexibility index (Phi) is 5.95. The fourth-order valence-corrected chi connectivity index (χ4v) is 2.39. The summed E-state index contributed by atoms with van der Waals surface area (Å²) in [5, 5.41) is 14.1. The first-order chi connectivity index (χ1) is 9.32. The number of non-ortho nitro benzene ring substituents is 1. The number of hydrogen-bond acceptors (Lipinski definition) is 4. The van der Waals surface area contributed by atoms with Crippen molar-refractivity contribution in [3.63, 3.8) is 0 Å². The van der Waals surface area contributed by atoms with Gasteiger partial charge in [0.2, 0.25) is 0 Å². The minimum Gasteiger partial charge on any atom is -0.384 e. The molecule has 0 atom stereocenters. The van der Waals surface area contributed by atoms with Gasteiger partial charge in [-0.3, -0.25) is 15.0 Å². The predicted molar refractivity (Wildman–Crippen MR) is 83.3 cm³/mol. The summed E-state index contributed by atoms with van der Waals surface area (Å²) < 4.78 is 0. The van der Waals surface area contributed by atoms with E-state index in [0.29, 0.717) is 12.1 Å². The van der Waals surface area contributed by atoms with Crippen LogP contribution < -0.4 is 5.32 Å².